The van der Waals surface area contributed by atoms with E-state index in [4.69, 9.17) is 25.2 Å². The minimum absolute atomic E-state index is 0.373. The topological polar surface area (TPSA) is 151 Å². The molecule has 0 aromatic rings. The second-order valence-electron chi connectivity index (χ2n) is 2.99. The summed E-state index contributed by atoms with van der Waals surface area (Å²) < 4.78 is 10.4. The van der Waals surface area contributed by atoms with Gasteiger partial charge in [0.1, 0.15) is 12.2 Å². The van der Waals surface area contributed by atoms with Gasteiger partial charge in [-0.2, -0.15) is 0 Å². The number of hydrogen-bond acceptors (Lipinski definition) is 6. The number of oxime groups is 1. The zero-order valence-electron chi connectivity index (χ0n) is 7.71. The van der Waals surface area contributed by atoms with Crippen molar-refractivity contribution in [1.82, 2.24) is 0 Å². The molecule has 0 aliphatic rings. The summed E-state index contributed by atoms with van der Waals surface area (Å²) in [6.45, 7) is 0. The Bertz CT molecular complexity index is 252. The van der Waals surface area contributed by atoms with Gasteiger partial charge in [0.25, 0.3) is 0 Å². The maximum Gasteiger partial charge on any atom is 0.325 e. The molecule has 0 saturated carbocycles. The first-order valence-corrected chi connectivity index (χ1v) is 5.84. The summed E-state index contributed by atoms with van der Waals surface area (Å²) in [7, 11) is -4.24. The number of hydrogen-bond donors (Lipinski definition) is 6. The summed E-state index contributed by atoms with van der Waals surface area (Å²) in [5.41, 5.74) is 0. The summed E-state index contributed by atoms with van der Waals surface area (Å²) in [5, 5.41) is 37.8. The highest BCUT2D eigenvalue weighted by atomic mass is 31.2. The zero-order chi connectivity index (χ0) is 12.1. The van der Waals surface area contributed by atoms with Crippen molar-refractivity contribution in [2.24, 2.45) is 5.16 Å². The van der Waals surface area contributed by atoms with E-state index in [0.29, 0.717) is 6.21 Å². The lowest BCUT2D eigenvalue weighted by Crippen LogP contribution is -2.38. The van der Waals surface area contributed by atoms with Crippen molar-refractivity contribution in [2.75, 3.05) is 6.16 Å². The molecule has 0 aliphatic carbocycles. The average molecular weight is 243 g/mol. The highest BCUT2D eigenvalue weighted by Gasteiger charge is 2.26. The lowest BCUT2D eigenvalue weighted by atomic mass is 10.1. The first kappa shape index (κ1) is 14.5. The van der Waals surface area contributed by atoms with Gasteiger partial charge in [-0.05, 0) is 6.42 Å². The highest BCUT2D eigenvalue weighted by molar-refractivity contribution is 7.51. The van der Waals surface area contributed by atoms with E-state index in [1.807, 2.05) is 0 Å². The third-order valence-corrected chi connectivity index (χ3v) is 2.52. The van der Waals surface area contributed by atoms with Gasteiger partial charge in [0.05, 0.1) is 18.5 Å². The van der Waals surface area contributed by atoms with Crippen molar-refractivity contribution in [2.45, 2.75) is 24.7 Å². The minimum Gasteiger partial charge on any atom is -0.411 e. The highest BCUT2D eigenvalue weighted by Crippen LogP contribution is 2.35. The molecule has 0 amide bonds. The average Bonchev–Trinajstić information content (AvgIpc) is 2.12. The second-order valence-corrected chi connectivity index (χ2v) is 4.77. The summed E-state index contributed by atoms with van der Waals surface area (Å²) >= 11 is 0. The Kier molecular flexibility index (Phi) is 5.96. The summed E-state index contributed by atoms with van der Waals surface area (Å²) in [4.78, 5) is 17.0. The predicted octanol–water partition coefficient (Wildman–Crippen LogP) is -1.90. The SMILES string of the molecule is O=P(O)(O)CC[C@@H](O)[C@@H](O)[C@H](O)/C=N\O. The molecule has 3 atom stereocenters. The van der Waals surface area contributed by atoms with Gasteiger partial charge in [-0.25, -0.2) is 0 Å². The first-order valence-electron chi connectivity index (χ1n) is 4.04. The lowest BCUT2D eigenvalue weighted by molar-refractivity contribution is -0.0343. The number of aliphatic hydroxyl groups is 3. The van der Waals surface area contributed by atoms with Crippen molar-refractivity contribution in [1.29, 1.82) is 0 Å². The van der Waals surface area contributed by atoms with Crippen molar-refractivity contribution < 1.29 is 34.9 Å². The molecule has 90 valence electrons. The Balaban J connectivity index is 4.09. The largest absolute Gasteiger partial charge is 0.411 e. The van der Waals surface area contributed by atoms with Crippen LogP contribution in [0.25, 0.3) is 0 Å². The first-order chi connectivity index (χ1) is 6.78. The number of rotatable bonds is 6. The van der Waals surface area contributed by atoms with Crippen molar-refractivity contribution in [3.05, 3.63) is 0 Å². The molecule has 0 spiro atoms. The van der Waals surface area contributed by atoms with E-state index in [2.05, 4.69) is 5.16 Å². The summed E-state index contributed by atoms with van der Waals surface area (Å²) in [6.07, 6.45) is -5.15. The number of nitrogens with zero attached hydrogens (tertiary/aromatic N) is 1. The Labute approximate surface area is 85.6 Å². The van der Waals surface area contributed by atoms with E-state index in [1.54, 1.807) is 0 Å². The fourth-order valence-electron chi connectivity index (χ4n) is 0.855. The van der Waals surface area contributed by atoms with Crippen LogP contribution in [0.3, 0.4) is 0 Å². The molecule has 0 aliphatic heterocycles. The Hall–Kier alpha value is -0.500. The van der Waals surface area contributed by atoms with Crippen LogP contribution < -0.4 is 0 Å². The fourth-order valence-corrected chi connectivity index (χ4v) is 1.46. The van der Waals surface area contributed by atoms with Gasteiger partial charge >= 0.3 is 7.60 Å². The molecule has 6 N–H and O–H groups in total. The maximum absolute atomic E-state index is 10.4. The van der Waals surface area contributed by atoms with Gasteiger partial charge < -0.3 is 30.3 Å². The van der Waals surface area contributed by atoms with Crippen molar-refractivity contribution in [3.63, 3.8) is 0 Å². The van der Waals surface area contributed by atoms with Gasteiger partial charge in [-0.1, -0.05) is 5.16 Å². The molecule has 0 saturated heterocycles. The molecule has 0 rings (SSSR count). The van der Waals surface area contributed by atoms with Crippen LogP contribution in [0.1, 0.15) is 6.42 Å². The third-order valence-electron chi connectivity index (χ3n) is 1.68. The monoisotopic (exact) mass is 243 g/mol. The van der Waals surface area contributed by atoms with Crippen molar-refractivity contribution >= 4 is 13.8 Å². The van der Waals surface area contributed by atoms with Gasteiger partial charge in [-0.3, -0.25) is 4.57 Å². The van der Waals surface area contributed by atoms with Gasteiger partial charge in [0.2, 0.25) is 0 Å². The Morgan fingerprint density at radius 1 is 1.27 bits per heavy atom. The van der Waals surface area contributed by atoms with Crippen LogP contribution in [-0.2, 0) is 4.57 Å². The molecule has 0 fully saturated rings. The third kappa shape index (κ3) is 6.56. The van der Waals surface area contributed by atoms with Crippen LogP contribution in [0, 0.1) is 0 Å². The molecule has 0 bridgehead atoms. The van der Waals surface area contributed by atoms with Crippen molar-refractivity contribution in [3.8, 4) is 0 Å². The Morgan fingerprint density at radius 2 is 1.80 bits per heavy atom. The minimum atomic E-state index is -4.24. The van der Waals surface area contributed by atoms with E-state index in [9.17, 15) is 9.67 Å². The smallest absolute Gasteiger partial charge is 0.325 e. The normalized spacial score (nSPS) is 19.0. The molecular formula is C6H14NO7P. The molecule has 0 radical (unpaired) electrons. The molecular weight excluding hydrogens is 229 g/mol. The molecule has 0 aromatic heterocycles. The molecule has 0 unspecified atom stereocenters. The standard InChI is InChI=1S/C6H14NO7P/c8-4(1-2-15(12,13)14)6(10)5(9)3-7-11/h3-6,8-11H,1-2H2,(H2,12,13,14)/b7-3-/t4-,5-,6-/m1/s1. The second kappa shape index (κ2) is 6.16. The summed E-state index contributed by atoms with van der Waals surface area (Å²) in [6, 6.07) is 0. The van der Waals surface area contributed by atoms with Crippen LogP contribution in [0.15, 0.2) is 5.16 Å². The molecule has 9 heteroatoms. The number of aliphatic hydroxyl groups excluding tert-OH is 3. The fraction of sp³-hybridized carbons (Fsp3) is 0.833. The summed E-state index contributed by atoms with van der Waals surface area (Å²) in [5.74, 6) is 0. The predicted molar refractivity (Wildman–Crippen MR) is 49.8 cm³/mol. The molecule has 8 nitrogen and oxygen atoms in total. The van der Waals surface area contributed by atoms with Crippen LogP contribution in [-0.4, -0.2) is 61.0 Å². The van der Waals surface area contributed by atoms with Crippen LogP contribution >= 0.6 is 7.60 Å². The van der Waals surface area contributed by atoms with Crippen LogP contribution in [0.5, 0.6) is 0 Å². The lowest BCUT2D eigenvalue weighted by Gasteiger charge is -2.19. The van der Waals surface area contributed by atoms with Gasteiger partial charge in [0, 0.05) is 0 Å². The zero-order valence-corrected chi connectivity index (χ0v) is 8.60. The van der Waals surface area contributed by atoms with E-state index >= 15 is 0 Å². The van der Waals surface area contributed by atoms with Gasteiger partial charge in [-0.15, -0.1) is 0 Å². The van der Waals surface area contributed by atoms with Crippen LogP contribution in [0.4, 0.5) is 0 Å². The molecule has 0 heterocycles. The van der Waals surface area contributed by atoms with E-state index in [1.165, 1.54) is 0 Å². The van der Waals surface area contributed by atoms with E-state index in [0.717, 1.165) is 0 Å². The Morgan fingerprint density at radius 3 is 2.20 bits per heavy atom. The van der Waals surface area contributed by atoms with E-state index < -0.39 is 32.1 Å². The van der Waals surface area contributed by atoms with Gasteiger partial charge in [0.15, 0.2) is 0 Å². The molecule has 15 heavy (non-hydrogen) atoms. The maximum atomic E-state index is 10.4. The van der Waals surface area contributed by atoms with Crippen LogP contribution in [0.2, 0.25) is 0 Å². The van der Waals surface area contributed by atoms with E-state index in [-0.39, 0.29) is 6.42 Å². The quantitative estimate of drug-likeness (QED) is 0.138. The molecule has 0 aromatic carbocycles.